The third kappa shape index (κ3) is 3.49. The molecular formula is C17H21NO4S2. The first kappa shape index (κ1) is 17.4. The number of ether oxygens (including phenoxy) is 1. The Balaban J connectivity index is 1.82. The highest BCUT2D eigenvalue weighted by Gasteiger charge is 2.46. The molecule has 1 aromatic carbocycles. The summed E-state index contributed by atoms with van der Waals surface area (Å²) in [4.78, 5) is 0.891. The predicted molar refractivity (Wildman–Crippen MR) is 93.7 cm³/mol. The molecule has 1 aliphatic carbocycles. The summed E-state index contributed by atoms with van der Waals surface area (Å²) >= 11 is 1.45. The fourth-order valence-electron chi connectivity index (χ4n) is 2.75. The molecule has 2 aromatic rings. The molecule has 7 heteroatoms. The summed E-state index contributed by atoms with van der Waals surface area (Å²) in [7, 11) is -3.77. The number of hydrogen-bond acceptors (Lipinski definition) is 5. The van der Waals surface area contributed by atoms with Gasteiger partial charge in [-0.15, -0.1) is 11.3 Å². The van der Waals surface area contributed by atoms with Gasteiger partial charge in [0.25, 0.3) is 0 Å². The zero-order valence-electron chi connectivity index (χ0n) is 13.4. The van der Waals surface area contributed by atoms with Crippen LogP contribution in [-0.2, 0) is 15.6 Å². The van der Waals surface area contributed by atoms with Gasteiger partial charge in [0, 0.05) is 11.4 Å². The van der Waals surface area contributed by atoms with Crippen molar-refractivity contribution in [1.82, 2.24) is 4.72 Å². The molecule has 0 radical (unpaired) electrons. The van der Waals surface area contributed by atoms with E-state index < -0.39 is 15.6 Å². The Morgan fingerprint density at radius 2 is 2.04 bits per heavy atom. The third-order valence-corrected chi connectivity index (χ3v) is 6.65. The van der Waals surface area contributed by atoms with Crippen LogP contribution in [0.2, 0.25) is 0 Å². The summed E-state index contributed by atoms with van der Waals surface area (Å²) in [5.41, 5.74) is -1.15. The Kier molecular flexibility index (Phi) is 4.96. The average Bonchev–Trinajstić information content (AvgIpc) is 3.28. The maximum Gasteiger partial charge on any atom is 0.244 e. The van der Waals surface area contributed by atoms with Crippen molar-refractivity contribution >= 4 is 21.4 Å². The van der Waals surface area contributed by atoms with Crippen LogP contribution >= 0.6 is 11.3 Å². The molecule has 0 aliphatic heterocycles. The van der Waals surface area contributed by atoms with Gasteiger partial charge < -0.3 is 9.84 Å². The van der Waals surface area contributed by atoms with E-state index in [4.69, 9.17) is 4.74 Å². The molecule has 3 rings (SSSR count). The first-order valence-electron chi connectivity index (χ1n) is 7.95. The summed E-state index contributed by atoms with van der Waals surface area (Å²) < 4.78 is 33.4. The molecule has 1 unspecified atom stereocenters. The van der Waals surface area contributed by atoms with Crippen molar-refractivity contribution in [3.8, 4) is 5.75 Å². The van der Waals surface area contributed by atoms with Gasteiger partial charge in [-0.2, -0.15) is 0 Å². The Morgan fingerprint density at radius 3 is 2.67 bits per heavy atom. The zero-order chi connectivity index (χ0) is 17.2. The van der Waals surface area contributed by atoms with E-state index >= 15 is 0 Å². The van der Waals surface area contributed by atoms with E-state index in [0.29, 0.717) is 12.4 Å². The van der Waals surface area contributed by atoms with Crippen molar-refractivity contribution in [2.45, 2.75) is 30.3 Å². The summed E-state index contributed by atoms with van der Waals surface area (Å²) in [5.74, 6) is 0.416. The minimum Gasteiger partial charge on any atom is -0.492 e. The molecule has 2 N–H and O–H groups in total. The molecule has 1 aromatic heterocycles. The van der Waals surface area contributed by atoms with Crippen LogP contribution in [0.3, 0.4) is 0 Å². The molecule has 0 spiro atoms. The topological polar surface area (TPSA) is 75.6 Å². The molecule has 0 amide bonds. The second-order valence-electron chi connectivity index (χ2n) is 5.88. The predicted octanol–water partition coefficient (Wildman–Crippen LogP) is 2.72. The van der Waals surface area contributed by atoms with Crippen molar-refractivity contribution < 1.29 is 18.3 Å². The average molecular weight is 367 g/mol. The van der Waals surface area contributed by atoms with Crippen molar-refractivity contribution in [3.05, 3.63) is 46.7 Å². The van der Waals surface area contributed by atoms with Crippen LogP contribution in [0.15, 0.2) is 46.7 Å². The van der Waals surface area contributed by atoms with E-state index in [1.165, 1.54) is 17.4 Å². The molecule has 0 bridgehead atoms. The number of rotatable bonds is 8. The van der Waals surface area contributed by atoms with Crippen LogP contribution in [0.5, 0.6) is 5.75 Å². The van der Waals surface area contributed by atoms with Gasteiger partial charge >= 0.3 is 0 Å². The second kappa shape index (κ2) is 6.84. The van der Waals surface area contributed by atoms with Crippen LogP contribution in [0.25, 0.3) is 0 Å². The second-order valence-corrected chi connectivity index (χ2v) is 8.56. The fraction of sp³-hybridized carbons (Fsp3) is 0.412. The van der Waals surface area contributed by atoms with Crippen molar-refractivity contribution in [3.63, 3.8) is 0 Å². The normalized spacial score (nSPS) is 17.4. The fourth-order valence-corrected chi connectivity index (χ4v) is 4.87. The number of sulfonamides is 1. The van der Waals surface area contributed by atoms with Gasteiger partial charge in [-0.3, -0.25) is 0 Å². The number of para-hydroxylation sites is 1. The summed E-state index contributed by atoms with van der Waals surface area (Å²) in [6.07, 6.45) is 1.82. The van der Waals surface area contributed by atoms with Crippen LogP contribution in [0.4, 0.5) is 0 Å². The number of benzene rings is 1. The van der Waals surface area contributed by atoms with Gasteiger partial charge in [0.05, 0.1) is 6.61 Å². The first-order valence-corrected chi connectivity index (χ1v) is 10.3. The number of hydrogen-bond donors (Lipinski definition) is 2. The zero-order valence-corrected chi connectivity index (χ0v) is 15.1. The van der Waals surface area contributed by atoms with Crippen LogP contribution in [0, 0.1) is 5.92 Å². The summed E-state index contributed by atoms with van der Waals surface area (Å²) in [6.45, 7) is 2.15. The van der Waals surface area contributed by atoms with Crippen LogP contribution < -0.4 is 9.46 Å². The molecular weight excluding hydrogens is 346 g/mol. The molecule has 1 atom stereocenters. The van der Waals surface area contributed by atoms with E-state index in [0.717, 1.165) is 17.7 Å². The lowest BCUT2D eigenvalue weighted by atomic mass is 9.96. The molecule has 130 valence electrons. The Morgan fingerprint density at radius 1 is 1.29 bits per heavy atom. The van der Waals surface area contributed by atoms with Crippen molar-refractivity contribution in [2.75, 3.05) is 13.2 Å². The minimum atomic E-state index is -3.77. The number of nitrogens with one attached hydrogen (secondary N) is 1. The van der Waals surface area contributed by atoms with Gasteiger partial charge in [0.2, 0.25) is 10.0 Å². The molecule has 1 saturated carbocycles. The standard InChI is InChI=1S/C17H21NO4S2/c1-2-22-14-6-3-4-7-15(14)24(20,21)18-12-17(19,13-9-10-13)16-8-5-11-23-16/h3-8,11,13,18-19H,2,9-10,12H2,1H3. The Bertz CT molecular complexity index is 785. The van der Waals surface area contributed by atoms with Gasteiger partial charge in [-0.1, -0.05) is 18.2 Å². The highest BCUT2D eigenvalue weighted by atomic mass is 32.2. The van der Waals surface area contributed by atoms with Crippen molar-refractivity contribution in [1.29, 1.82) is 0 Å². The highest BCUT2D eigenvalue weighted by Crippen LogP contribution is 2.46. The lowest BCUT2D eigenvalue weighted by Crippen LogP contribution is -2.42. The van der Waals surface area contributed by atoms with Gasteiger partial charge in [-0.05, 0) is 49.3 Å². The third-order valence-electron chi connectivity index (χ3n) is 4.17. The minimum absolute atomic E-state index is 0.0407. The SMILES string of the molecule is CCOc1ccccc1S(=O)(=O)NCC(O)(c1cccs1)C1CC1. The monoisotopic (exact) mass is 367 g/mol. The van der Waals surface area contributed by atoms with E-state index in [-0.39, 0.29) is 17.4 Å². The smallest absolute Gasteiger partial charge is 0.244 e. The van der Waals surface area contributed by atoms with Gasteiger partial charge in [0.1, 0.15) is 16.2 Å². The van der Waals surface area contributed by atoms with Crippen molar-refractivity contribution in [2.24, 2.45) is 5.92 Å². The number of aliphatic hydroxyl groups is 1. The molecule has 24 heavy (non-hydrogen) atoms. The van der Waals surface area contributed by atoms with Crippen LogP contribution in [0.1, 0.15) is 24.6 Å². The molecule has 5 nitrogen and oxygen atoms in total. The van der Waals surface area contributed by atoms with Crippen LogP contribution in [-0.4, -0.2) is 26.7 Å². The van der Waals surface area contributed by atoms with E-state index in [1.807, 2.05) is 17.5 Å². The highest BCUT2D eigenvalue weighted by molar-refractivity contribution is 7.89. The lowest BCUT2D eigenvalue weighted by Gasteiger charge is -2.27. The lowest BCUT2D eigenvalue weighted by molar-refractivity contribution is 0.0222. The summed E-state index contributed by atoms with van der Waals surface area (Å²) in [6, 6.07) is 10.2. The Hall–Kier alpha value is -1.41. The van der Waals surface area contributed by atoms with E-state index in [2.05, 4.69) is 4.72 Å². The maximum atomic E-state index is 12.7. The maximum absolute atomic E-state index is 12.7. The molecule has 1 aliphatic rings. The van der Waals surface area contributed by atoms with E-state index in [9.17, 15) is 13.5 Å². The summed E-state index contributed by atoms with van der Waals surface area (Å²) in [5, 5.41) is 12.9. The molecule has 1 heterocycles. The van der Waals surface area contributed by atoms with E-state index in [1.54, 1.807) is 25.1 Å². The molecule has 0 saturated heterocycles. The molecule has 1 fully saturated rings. The van der Waals surface area contributed by atoms with Gasteiger partial charge in [-0.25, -0.2) is 13.1 Å². The van der Waals surface area contributed by atoms with Gasteiger partial charge in [0.15, 0.2) is 0 Å². The number of thiophene rings is 1. The largest absolute Gasteiger partial charge is 0.492 e. The quantitative estimate of drug-likeness (QED) is 0.752. The first-order chi connectivity index (χ1) is 11.5. The Labute approximate surface area is 146 Å².